The van der Waals surface area contributed by atoms with Gasteiger partial charge >= 0.3 is 0 Å². The zero-order valence-corrected chi connectivity index (χ0v) is 17.2. The summed E-state index contributed by atoms with van der Waals surface area (Å²) in [5.41, 5.74) is 1.03. The molecule has 4 N–H and O–H groups in total. The molecule has 160 valence electrons. The number of aliphatic hydroxyl groups is 4. The second-order valence-corrected chi connectivity index (χ2v) is 7.79. The zero-order chi connectivity index (χ0) is 21.5. The third-order valence-electron chi connectivity index (χ3n) is 4.70. The van der Waals surface area contributed by atoms with E-state index in [1.807, 2.05) is 26.8 Å². The van der Waals surface area contributed by atoms with E-state index in [2.05, 4.69) is 6.58 Å². The summed E-state index contributed by atoms with van der Waals surface area (Å²) >= 11 is 0. The first kappa shape index (κ1) is 24.7. The summed E-state index contributed by atoms with van der Waals surface area (Å²) in [5.74, 6) is 0.0535. The van der Waals surface area contributed by atoms with Crippen molar-refractivity contribution in [2.24, 2.45) is 0 Å². The van der Waals surface area contributed by atoms with Gasteiger partial charge in [0.2, 0.25) is 0 Å². The number of hydrogen-bond acceptors (Lipinski definition) is 7. The van der Waals surface area contributed by atoms with Crippen LogP contribution < -0.4 is 0 Å². The maximum absolute atomic E-state index is 11.8. The van der Waals surface area contributed by atoms with Gasteiger partial charge in [-0.15, -0.1) is 6.58 Å². The summed E-state index contributed by atoms with van der Waals surface area (Å²) < 4.78 is 11.2. The average Bonchev–Trinajstić information content (AvgIpc) is 2.61. The lowest BCUT2D eigenvalue weighted by Crippen LogP contribution is -2.60. The van der Waals surface area contributed by atoms with E-state index in [0.717, 1.165) is 11.1 Å². The van der Waals surface area contributed by atoms with Crippen LogP contribution in [0.5, 0.6) is 0 Å². The molecule has 1 aliphatic heterocycles. The van der Waals surface area contributed by atoms with Crippen LogP contribution in [-0.2, 0) is 14.3 Å². The van der Waals surface area contributed by atoms with E-state index in [1.165, 1.54) is 0 Å². The lowest BCUT2D eigenvalue weighted by atomic mass is 9.96. The van der Waals surface area contributed by atoms with Crippen LogP contribution in [0, 0.1) is 0 Å². The van der Waals surface area contributed by atoms with Crippen LogP contribution in [0.3, 0.4) is 0 Å². The molecule has 0 radical (unpaired) electrons. The number of rotatable bonds is 10. The van der Waals surface area contributed by atoms with Gasteiger partial charge in [-0.05, 0) is 46.6 Å². The lowest BCUT2D eigenvalue weighted by Gasteiger charge is -2.42. The van der Waals surface area contributed by atoms with E-state index < -0.39 is 42.9 Å². The van der Waals surface area contributed by atoms with Crippen molar-refractivity contribution >= 4 is 5.78 Å². The third kappa shape index (κ3) is 7.24. The summed E-state index contributed by atoms with van der Waals surface area (Å²) in [6, 6.07) is 0. The molecule has 1 heterocycles. The number of aliphatic hydroxyl groups excluding tert-OH is 4. The van der Waals surface area contributed by atoms with E-state index >= 15 is 0 Å². The highest BCUT2D eigenvalue weighted by Crippen LogP contribution is 2.29. The second kappa shape index (κ2) is 11.0. The molecule has 0 aliphatic carbocycles. The van der Waals surface area contributed by atoms with Crippen molar-refractivity contribution in [3.8, 4) is 0 Å². The fourth-order valence-electron chi connectivity index (χ4n) is 2.96. The highest BCUT2D eigenvalue weighted by atomic mass is 16.7. The van der Waals surface area contributed by atoms with Crippen molar-refractivity contribution in [1.29, 1.82) is 0 Å². The van der Waals surface area contributed by atoms with Gasteiger partial charge in [0.1, 0.15) is 24.4 Å². The first-order valence-electron chi connectivity index (χ1n) is 9.48. The largest absolute Gasteiger partial charge is 0.394 e. The maximum Gasteiger partial charge on any atom is 0.187 e. The molecule has 0 saturated carbocycles. The van der Waals surface area contributed by atoms with Crippen LogP contribution in [0.2, 0.25) is 0 Å². The Hall–Kier alpha value is -1.35. The molecule has 7 heteroatoms. The maximum atomic E-state index is 11.8. The van der Waals surface area contributed by atoms with Crippen molar-refractivity contribution in [3.05, 3.63) is 36.0 Å². The van der Waals surface area contributed by atoms with Crippen molar-refractivity contribution < 1.29 is 34.7 Å². The van der Waals surface area contributed by atoms with Gasteiger partial charge in [0.15, 0.2) is 12.1 Å². The van der Waals surface area contributed by atoms with Crippen molar-refractivity contribution in [3.63, 3.8) is 0 Å². The summed E-state index contributed by atoms with van der Waals surface area (Å²) in [5, 5.41) is 39.1. The van der Waals surface area contributed by atoms with Crippen LogP contribution in [0.15, 0.2) is 36.0 Å². The minimum absolute atomic E-state index is 0.0535. The second-order valence-electron chi connectivity index (χ2n) is 7.79. The van der Waals surface area contributed by atoms with Gasteiger partial charge in [0.05, 0.1) is 12.2 Å². The van der Waals surface area contributed by atoms with Gasteiger partial charge in [0, 0.05) is 6.42 Å². The molecular weight excluding hydrogens is 364 g/mol. The summed E-state index contributed by atoms with van der Waals surface area (Å²) in [7, 11) is 0. The van der Waals surface area contributed by atoms with Crippen molar-refractivity contribution in [2.75, 3.05) is 6.61 Å². The van der Waals surface area contributed by atoms with Crippen LogP contribution in [-0.4, -0.2) is 69.1 Å². The van der Waals surface area contributed by atoms with Gasteiger partial charge in [-0.25, -0.2) is 0 Å². The van der Waals surface area contributed by atoms with E-state index in [4.69, 9.17) is 9.47 Å². The van der Waals surface area contributed by atoms with Crippen LogP contribution in [0.25, 0.3) is 0 Å². The Kier molecular flexibility index (Phi) is 9.69. The molecule has 1 aliphatic rings. The van der Waals surface area contributed by atoms with Crippen molar-refractivity contribution in [2.45, 2.75) is 83.3 Å². The number of allylic oxidation sites excluding steroid dienone is 4. The predicted molar refractivity (Wildman–Crippen MR) is 106 cm³/mol. The fourth-order valence-corrected chi connectivity index (χ4v) is 2.96. The topological polar surface area (TPSA) is 116 Å². The van der Waals surface area contributed by atoms with Gasteiger partial charge in [-0.2, -0.15) is 0 Å². The molecule has 0 aromatic rings. The zero-order valence-electron chi connectivity index (χ0n) is 17.2. The van der Waals surface area contributed by atoms with Gasteiger partial charge < -0.3 is 29.9 Å². The minimum atomic E-state index is -1.49. The van der Waals surface area contributed by atoms with Crippen LogP contribution >= 0.6 is 0 Å². The summed E-state index contributed by atoms with van der Waals surface area (Å²) in [6.07, 6.45) is -0.0300. The predicted octanol–water partition coefficient (Wildman–Crippen LogP) is 1.40. The molecule has 1 saturated heterocycles. The monoisotopic (exact) mass is 398 g/mol. The quantitative estimate of drug-likeness (QED) is 0.325. The van der Waals surface area contributed by atoms with Crippen molar-refractivity contribution in [1.82, 2.24) is 0 Å². The molecule has 0 bridgehead atoms. The Labute approximate surface area is 167 Å². The molecule has 0 amide bonds. The number of ketones is 1. The van der Waals surface area contributed by atoms with E-state index in [9.17, 15) is 25.2 Å². The number of carbonyl (C=O) groups excluding carboxylic acids is 1. The fraction of sp³-hybridized carbons (Fsp3) is 0.667. The first-order valence-corrected chi connectivity index (χ1v) is 9.48. The Bertz CT molecular complexity index is 592. The standard InChI is InChI=1S/C21H34O7/c1-6-21(5,9-7-8-14(4)11-15(23)10-13(2)3)28-20-19(26)18(25)17(24)16(12-22)27-20/h6,8,10,16-20,22,24-26H,1,7,9,11-12H2,2-5H3/b14-8+/t16-,17-,18+,19-,20+,21-/m1/s1. The molecule has 0 unspecified atom stereocenters. The lowest BCUT2D eigenvalue weighted by molar-refractivity contribution is -0.319. The summed E-state index contributed by atoms with van der Waals surface area (Å²) in [4.78, 5) is 11.8. The number of hydrogen-bond donors (Lipinski definition) is 4. The van der Waals surface area contributed by atoms with Crippen LogP contribution in [0.4, 0.5) is 0 Å². The number of ether oxygens (including phenoxy) is 2. The first-order chi connectivity index (χ1) is 13.0. The highest BCUT2D eigenvalue weighted by molar-refractivity contribution is 5.91. The normalized spacial score (nSPS) is 30.4. The van der Waals surface area contributed by atoms with Gasteiger partial charge in [-0.1, -0.05) is 23.3 Å². The Morgan fingerprint density at radius 1 is 1.18 bits per heavy atom. The van der Waals surface area contributed by atoms with Gasteiger partial charge in [0.25, 0.3) is 0 Å². The molecule has 0 aromatic heterocycles. The molecule has 7 nitrogen and oxygen atoms in total. The molecule has 28 heavy (non-hydrogen) atoms. The third-order valence-corrected chi connectivity index (χ3v) is 4.70. The van der Waals surface area contributed by atoms with Crippen LogP contribution in [0.1, 0.15) is 47.0 Å². The Morgan fingerprint density at radius 3 is 2.36 bits per heavy atom. The van der Waals surface area contributed by atoms with E-state index in [-0.39, 0.29) is 5.78 Å². The molecule has 6 atom stereocenters. The molecule has 0 aromatic carbocycles. The number of carbonyl (C=O) groups is 1. The molecular formula is C21H34O7. The minimum Gasteiger partial charge on any atom is -0.394 e. The smallest absolute Gasteiger partial charge is 0.187 e. The Balaban J connectivity index is 2.69. The average molecular weight is 398 g/mol. The van der Waals surface area contributed by atoms with Gasteiger partial charge in [-0.3, -0.25) is 4.79 Å². The SMILES string of the molecule is C=C[C@](C)(CC/C=C(\C)CC(=O)C=C(C)C)O[C@@H]1O[C@H](CO)[C@@H](O)[C@H](O)[C@H]1O. The highest BCUT2D eigenvalue weighted by Gasteiger charge is 2.45. The Morgan fingerprint density at radius 2 is 1.82 bits per heavy atom. The molecule has 0 spiro atoms. The molecule has 1 rings (SSSR count). The molecule has 1 fully saturated rings. The van der Waals surface area contributed by atoms with E-state index in [0.29, 0.717) is 19.3 Å². The summed E-state index contributed by atoms with van der Waals surface area (Å²) in [6.45, 7) is 10.7. The van der Waals surface area contributed by atoms with E-state index in [1.54, 1.807) is 19.1 Å².